The molecule has 0 radical (unpaired) electrons. The van der Waals surface area contributed by atoms with E-state index in [4.69, 9.17) is 25.7 Å². The Bertz CT molecular complexity index is 1270. The van der Waals surface area contributed by atoms with Crippen LogP contribution >= 0.6 is 0 Å². The van der Waals surface area contributed by atoms with Crippen molar-refractivity contribution in [2.75, 3.05) is 19.6 Å². The van der Waals surface area contributed by atoms with Gasteiger partial charge in [0.05, 0.1) is 36.4 Å². The fourth-order valence-corrected chi connectivity index (χ4v) is 3.92. The molecule has 0 aliphatic carbocycles. The van der Waals surface area contributed by atoms with E-state index in [0.29, 0.717) is 25.8 Å². The minimum Gasteiger partial charge on any atom is -0.444 e. The van der Waals surface area contributed by atoms with Crippen molar-refractivity contribution in [3.8, 4) is 12.1 Å². The molecular weight excluding hydrogens is 612 g/mol. The number of aliphatic hydroxyl groups is 2. The zero-order valence-electron chi connectivity index (χ0n) is 29.1. The SMILES string of the molecule is C=CC#N.CC(C)(C)OC(=O)N[C@@H](Cc1ccccc1)[C@H](O)CN.CC(C)(C)OC(=O)N[C@@H](Cc1ccccc1)[C@H](O)CNCCC#N. The molecule has 0 saturated carbocycles. The average Bonchev–Trinajstić information content (AvgIpc) is 3.01. The molecule has 2 aromatic carbocycles. The van der Waals surface area contributed by atoms with E-state index in [-0.39, 0.29) is 13.1 Å². The van der Waals surface area contributed by atoms with Crippen molar-refractivity contribution in [2.45, 2.75) is 96.3 Å². The van der Waals surface area contributed by atoms with Crippen LogP contribution in [0.5, 0.6) is 0 Å². The standard InChI is InChI=1S/C18H27N3O3.C15H24N2O3.C3H3N/c1-18(2,3)24-17(23)21-15(12-14-8-5-4-6-9-14)16(22)13-20-11-7-10-19;1-15(2,3)20-14(19)17-12(13(18)10-16)9-11-7-5-4-6-8-11;1-2-3-4/h4-6,8-9,15-16,20,22H,7,11-13H2,1-3H3,(H,21,23);4-8,12-13,18H,9-10,16H2,1-3H3,(H,17,19);2H,1H2/t15-,16+;12-,13+;/m00./s1. The van der Waals surface area contributed by atoms with Gasteiger partial charge in [0.15, 0.2) is 0 Å². The summed E-state index contributed by atoms with van der Waals surface area (Å²) in [5, 5.41) is 44.8. The Kier molecular flexibility index (Phi) is 21.6. The van der Waals surface area contributed by atoms with Crippen LogP contribution in [0.4, 0.5) is 9.59 Å². The lowest BCUT2D eigenvalue weighted by Gasteiger charge is -2.27. The number of alkyl carbamates (subject to hydrolysis) is 2. The first-order chi connectivity index (χ1) is 22.5. The molecule has 0 heterocycles. The first kappa shape index (κ1) is 43.5. The third kappa shape index (κ3) is 23.0. The Morgan fingerprint density at radius 3 is 1.56 bits per heavy atom. The fourth-order valence-electron chi connectivity index (χ4n) is 3.92. The number of rotatable bonds is 13. The van der Waals surface area contributed by atoms with Crippen molar-refractivity contribution in [3.05, 3.63) is 84.4 Å². The number of aliphatic hydroxyl groups excluding tert-OH is 2. The van der Waals surface area contributed by atoms with E-state index < -0.39 is 47.7 Å². The quantitative estimate of drug-likeness (QED) is 0.133. The molecule has 0 aliphatic rings. The van der Waals surface area contributed by atoms with Crippen LogP contribution in [-0.4, -0.2) is 77.5 Å². The highest BCUT2D eigenvalue weighted by Crippen LogP contribution is 2.11. The van der Waals surface area contributed by atoms with E-state index in [1.807, 2.05) is 66.7 Å². The number of ether oxygens (including phenoxy) is 2. The maximum absolute atomic E-state index is 12.0. The average molecular weight is 667 g/mol. The predicted octanol–water partition coefficient (Wildman–Crippen LogP) is 4.12. The molecule has 0 bridgehead atoms. The molecule has 0 unspecified atom stereocenters. The van der Waals surface area contributed by atoms with E-state index in [1.165, 1.54) is 6.08 Å². The lowest BCUT2D eigenvalue weighted by atomic mass is 10.0. The second kappa shape index (κ2) is 23.8. The van der Waals surface area contributed by atoms with E-state index in [1.54, 1.807) is 47.6 Å². The van der Waals surface area contributed by atoms with Crippen LogP contribution in [0.2, 0.25) is 0 Å². The summed E-state index contributed by atoms with van der Waals surface area (Å²) in [6.07, 6.45) is -0.181. The van der Waals surface area contributed by atoms with Crippen LogP contribution in [0.3, 0.4) is 0 Å². The molecule has 0 saturated heterocycles. The van der Waals surface area contributed by atoms with Gasteiger partial charge in [-0.1, -0.05) is 67.2 Å². The second-order valence-electron chi connectivity index (χ2n) is 12.7. The lowest BCUT2D eigenvalue weighted by Crippen LogP contribution is -2.50. The van der Waals surface area contributed by atoms with Gasteiger partial charge in [-0.25, -0.2) is 9.59 Å². The topological polar surface area (TPSA) is 203 Å². The number of nitriles is 2. The largest absolute Gasteiger partial charge is 0.444 e. The Morgan fingerprint density at radius 1 is 0.833 bits per heavy atom. The summed E-state index contributed by atoms with van der Waals surface area (Å²) in [5.74, 6) is 0. The third-order valence-corrected chi connectivity index (χ3v) is 6.03. The highest BCUT2D eigenvalue weighted by Gasteiger charge is 2.25. The molecule has 2 aromatic rings. The zero-order chi connectivity index (χ0) is 36.6. The Morgan fingerprint density at radius 2 is 1.23 bits per heavy atom. The van der Waals surface area contributed by atoms with Crippen LogP contribution in [-0.2, 0) is 22.3 Å². The molecule has 7 N–H and O–H groups in total. The summed E-state index contributed by atoms with van der Waals surface area (Å²) in [5.41, 5.74) is 6.34. The van der Waals surface area contributed by atoms with Gasteiger partial charge in [0, 0.05) is 32.1 Å². The molecule has 0 spiro atoms. The smallest absolute Gasteiger partial charge is 0.407 e. The molecule has 2 rings (SSSR count). The Balaban J connectivity index is 0.000000838. The summed E-state index contributed by atoms with van der Waals surface area (Å²) in [4.78, 5) is 23.8. The molecule has 0 aliphatic heterocycles. The summed E-state index contributed by atoms with van der Waals surface area (Å²) in [6, 6.07) is 22.0. The van der Waals surface area contributed by atoms with Crippen molar-refractivity contribution in [3.63, 3.8) is 0 Å². The number of hydrogen-bond acceptors (Lipinski definition) is 10. The number of nitrogens with one attached hydrogen (secondary N) is 3. The third-order valence-electron chi connectivity index (χ3n) is 6.03. The van der Waals surface area contributed by atoms with Crippen molar-refractivity contribution >= 4 is 12.2 Å². The van der Waals surface area contributed by atoms with E-state index in [2.05, 4.69) is 22.5 Å². The first-order valence-corrected chi connectivity index (χ1v) is 15.8. The maximum atomic E-state index is 12.0. The van der Waals surface area contributed by atoms with Gasteiger partial charge >= 0.3 is 12.2 Å². The molecule has 4 atom stereocenters. The minimum absolute atomic E-state index is 0.0767. The molecule has 0 aromatic heterocycles. The minimum atomic E-state index is -0.817. The molecule has 2 amide bonds. The van der Waals surface area contributed by atoms with Crippen molar-refractivity contribution in [2.24, 2.45) is 5.73 Å². The van der Waals surface area contributed by atoms with Crippen LogP contribution in [0.1, 0.15) is 59.1 Å². The fraction of sp³-hybridized carbons (Fsp3) is 0.500. The molecule has 12 heteroatoms. The van der Waals surface area contributed by atoms with Crippen LogP contribution in [0.15, 0.2) is 73.3 Å². The number of nitrogens with two attached hydrogens (primary N) is 1. The molecule has 264 valence electrons. The van der Waals surface area contributed by atoms with Gasteiger partial charge in [-0.05, 0) is 65.5 Å². The second-order valence-corrected chi connectivity index (χ2v) is 12.7. The van der Waals surface area contributed by atoms with Gasteiger partial charge in [0.2, 0.25) is 0 Å². The van der Waals surface area contributed by atoms with Gasteiger partial charge in [-0.3, -0.25) is 0 Å². The highest BCUT2D eigenvalue weighted by molar-refractivity contribution is 5.68. The van der Waals surface area contributed by atoms with Gasteiger partial charge in [0.25, 0.3) is 0 Å². The Labute approximate surface area is 285 Å². The van der Waals surface area contributed by atoms with Crippen LogP contribution in [0, 0.1) is 22.7 Å². The number of hydrogen-bond donors (Lipinski definition) is 6. The number of carbonyl (C=O) groups excluding carboxylic acids is 2. The van der Waals surface area contributed by atoms with Gasteiger partial charge in [-0.15, -0.1) is 0 Å². The number of amides is 2. The number of allylic oxidation sites excluding steroid dienone is 1. The monoisotopic (exact) mass is 666 g/mol. The predicted molar refractivity (Wildman–Crippen MR) is 187 cm³/mol. The molecule has 12 nitrogen and oxygen atoms in total. The van der Waals surface area contributed by atoms with Crippen LogP contribution in [0.25, 0.3) is 0 Å². The number of nitrogens with zero attached hydrogens (tertiary/aromatic N) is 2. The normalized spacial score (nSPS) is 13.1. The maximum Gasteiger partial charge on any atom is 0.407 e. The number of carbonyl (C=O) groups is 2. The summed E-state index contributed by atoms with van der Waals surface area (Å²) >= 11 is 0. The van der Waals surface area contributed by atoms with Crippen LogP contribution < -0.4 is 21.7 Å². The van der Waals surface area contributed by atoms with E-state index in [0.717, 1.165) is 11.1 Å². The highest BCUT2D eigenvalue weighted by atomic mass is 16.6. The molecule has 48 heavy (non-hydrogen) atoms. The zero-order valence-corrected chi connectivity index (χ0v) is 29.1. The van der Waals surface area contributed by atoms with Crippen molar-refractivity contribution < 1.29 is 29.3 Å². The first-order valence-electron chi connectivity index (χ1n) is 15.8. The van der Waals surface area contributed by atoms with Gasteiger partial charge in [-0.2, -0.15) is 10.5 Å². The Hall–Kier alpha value is -4.46. The lowest BCUT2D eigenvalue weighted by molar-refractivity contribution is 0.0417. The van der Waals surface area contributed by atoms with E-state index in [9.17, 15) is 19.8 Å². The van der Waals surface area contributed by atoms with Gasteiger partial charge < -0.3 is 41.4 Å². The van der Waals surface area contributed by atoms with E-state index >= 15 is 0 Å². The summed E-state index contributed by atoms with van der Waals surface area (Å²) in [6.45, 7) is 14.7. The summed E-state index contributed by atoms with van der Waals surface area (Å²) in [7, 11) is 0. The van der Waals surface area contributed by atoms with Crippen molar-refractivity contribution in [1.82, 2.24) is 16.0 Å². The molecular formula is C36H54N6O6. The number of benzene rings is 2. The van der Waals surface area contributed by atoms with Crippen molar-refractivity contribution in [1.29, 1.82) is 10.5 Å². The molecule has 0 fully saturated rings. The summed E-state index contributed by atoms with van der Waals surface area (Å²) < 4.78 is 10.5. The van der Waals surface area contributed by atoms with Gasteiger partial charge in [0.1, 0.15) is 11.2 Å².